The quantitative estimate of drug-likeness (QED) is 0.376. The van der Waals surface area contributed by atoms with Crippen LogP contribution >= 0.6 is 0 Å². The van der Waals surface area contributed by atoms with E-state index in [1.165, 1.54) is 0 Å². The third-order valence-corrected chi connectivity index (χ3v) is 7.65. The van der Waals surface area contributed by atoms with Crippen molar-refractivity contribution in [3.05, 3.63) is 96.1 Å². The molecule has 1 aliphatic carbocycles. The molecule has 4 heteroatoms. The van der Waals surface area contributed by atoms with E-state index < -0.39 is 9.84 Å². The standard InChI is InChI=1S/C25H14O3S/c26-25-21-7-2-1-5-17(21)18-11-9-15(13-22(18)25)16-10-12-20-19-6-3-4-8-23(19)29(27,28)24(20)14-16/h1-14H. The summed E-state index contributed by atoms with van der Waals surface area (Å²) in [4.78, 5) is 13.5. The Morgan fingerprint density at radius 3 is 1.83 bits per heavy atom. The van der Waals surface area contributed by atoms with Gasteiger partial charge in [-0.2, -0.15) is 0 Å². The van der Waals surface area contributed by atoms with E-state index in [2.05, 4.69) is 0 Å². The van der Waals surface area contributed by atoms with Crippen LogP contribution in [-0.4, -0.2) is 14.2 Å². The summed E-state index contributed by atoms with van der Waals surface area (Å²) in [6.45, 7) is 0. The monoisotopic (exact) mass is 394 g/mol. The first-order valence-electron chi connectivity index (χ1n) is 9.33. The van der Waals surface area contributed by atoms with Gasteiger partial charge in [0, 0.05) is 22.3 Å². The molecule has 138 valence electrons. The molecule has 4 aromatic rings. The van der Waals surface area contributed by atoms with Gasteiger partial charge in [0.2, 0.25) is 9.84 Å². The molecule has 29 heavy (non-hydrogen) atoms. The Hall–Kier alpha value is -3.50. The molecule has 0 atom stereocenters. The molecule has 1 aliphatic heterocycles. The van der Waals surface area contributed by atoms with Gasteiger partial charge in [-0.25, -0.2) is 8.42 Å². The Morgan fingerprint density at radius 2 is 1.03 bits per heavy atom. The molecule has 0 spiro atoms. The predicted octanol–water partition coefficient (Wildman–Crippen LogP) is 5.38. The van der Waals surface area contributed by atoms with Gasteiger partial charge in [0.1, 0.15) is 0 Å². The van der Waals surface area contributed by atoms with Crippen molar-refractivity contribution in [2.75, 3.05) is 0 Å². The van der Waals surface area contributed by atoms with Gasteiger partial charge in [0.25, 0.3) is 0 Å². The number of hydrogen-bond acceptors (Lipinski definition) is 3. The van der Waals surface area contributed by atoms with E-state index in [1.54, 1.807) is 18.2 Å². The number of benzene rings is 4. The van der Waals surface area contributed by atoms with Crippen LogP contribution in [-0.2, 0) is 9.84 Å². The second-order valence-electron chi connectivity index (χ2n) is 7.35. The maximum absolute atomic E-state index is 13.0. The molecule has 0 N–H and O–H groups in total. The predicted molar refractivity (Wildman–Crippen MR) is 112 cm³/mol. The lowest BCUT2D eigenvalue weighted by atomic mass is 9.97. The van der Waals surface area contributed by atoms with Crippen molar-refractivity contribution in [2.45, 2.75) is 9.79 Å². The average Bonchev–Trinajstić information content (AvgIpc) is 3.17. The van der Waals surface area contributed by atoms with E-state index in [9.17, 15) is 13.2 Å². The van der Waals surface area contributed by atoms with Crippen LogP contribution < -0.4 is 0 Å². The summed E-state index contributed by atoms with van der Waals surface area (Å²) in [6.07, 6.45) is 0. The van der Waals surface area contributed by atoms with Crippen LogP contribution in [0.15, 0.2) is 94.7 Å². The summed E-state index contributed by atoms with van der Waals surface area (Å²) in [5, 5.41) is 0. The van der Waals surface area contributed by atoms with E-state index in [-0.39, 0.29) is 5.78 Å². The summed E-state index contributed by atoms with van der Waals surface area (Å²) in [5.74, 6) is 0.0126. The molecule has 0 bridgehead atoms. The van der Waals surface area contributed by atoms with Gasteiger partial charge in [0.05, 0.1) is 9.79 Å². The highest BCUT2D eigenvalue weighted by Crippen LogP contribution is 2.45. The highest BCUT2D eigenvalue weighted by Gasteiger charge is 2.33. The number of ketones is 1. The van der Waals surface area contributed by atoms with Crippen LogP contribution in [0.2, 0.25) is 0 Å². The lowest BCUT2D eigenvalue weighted by molar-refractivity contribution is 0.104. The van der Waals surface area contributed by atoms with E-state index in [0.717, 1.165) is 33.4 Å². The van der Waals surface area contributed by atoms with Crippen LogP contribution in [0.5, 0.6) is 0 Å². The molecule has 0 aromatic heterocycles. The van der Waals surface area contributed by atoms with Crippen molar-refractivity contribution in [3.63, 3.8) is 0 Å². The lowest BCUT2D eigenvalue weighted by Gasteiger charge is -2.07. The van der Waals surface area contributed by atoms with E-state index >= 15 is 0 Å². The molecular formula is C25H14O3S. The van der Waals surface area contributed by atoms with Crippen LogP contribution in [0.3, 0.4) is 0 Å². The van der Waals surface area contributed by atoms with Crippen LogP contribution in [0.4, 0.5) is 0 Å². The van der Waals surface area contributed by atoms with Gasteiger partial charge in [-0.1, -0.05) is 66.7 Å². The smallest absolute Gasteiger partial charge is 0.207 e. The first kappa shape index (κ1) is 16.5. The van der Waals surface area contributed by atoms with Crippen molar-refractivity contribution in [2.24, 2.45) is 0 Å². The fourth-order valence-electron chi connectivity index (χ4n) is 4.40. The molecular weight excluding hydrogens is 380 g/mol. The summed E-state index contributed by atoms with van der Waals surface area (Å²) in [7, 11) is -3.53. The van der Waals surface area contributed by atoms with Gasteiger partial charge in [0.15, 0.2) is 5.78 Å². The van der Waals surface area contributed by atoms with Crippen molar-refractivity contribution < 1.29 is 13.2 Å². The fraction of sp³-hybridized carbons (Fsp3) is 0. The van der Waals surface area contributed by atoms with Gasteiger partial charge >= 0.3 is 0 Å². The molecule has 0 amide bonds. The number of sulfone groups is 1. The van der Waals surface area contributed by atoms with E-state index in [4.69, 9.17) is 0 Å². The number of carbonyl (C=O) groups is 1. The largest absolute Gasteiger partial charge is 0.289 e. The van der Waals surface area contributed by atoms with Crippen LogP contribution in [0.25, 0.3) is 33.4 Å². The van der Waals surface area contributed by atoms with Crippen LogP contribution in [0.1, 0.15) is 15.9 Å². The van der Waals surface area contributed by atoms with E-state index in [1.807, 2.05) is 66.7 Å². The van der Waals surface area contributed by atoms with Gasteiger partial charge in [-0.05, 0) is 40.5 Å². The zero-order valence-corrected chi connectivity index (χ0v) is 16.0. The molecule has 0 saturated heterocycles. The maximum atomic E-state index is 13.0. The molecule has 4 aromatic carbocycles. The fourth-order valence-corrected chi connectivity index (χ4v) is 6.11. The number of carbonyl (C=O) groups excluding carboxylic acids is 1. The second kappa shape index (κ2) is 5.52. The summed E-state index contributed by atoms with van der Waals surface area (Å²) in [6, 6.07) is 25.9. The Bertz CT molecular complexity index is 1480. The summed E-state index contributed by atoms with van der Waals surface area (Å²) >= 11 is 0. The highest BCUT2D eigenvalue weighted by atomic mass is 32.2. The molecule has 0 unspecified atom stereocenters. The van der Waals surface area contributed by atoms with Crippen molar-refractivity contribution in [1.82, 2.24) is 0 Å². The number of fused-ring (bicyclic) bond motifs is 6. The zero-order valence-electron chi connectivity index (χ0n) is 15.2. The van der Waals surface area contributed by atoms with Gasteiger partial charge in [-0.15, -0.1) is 0 Å². The average molecular weight is 394 g/mol. The minimum Gasteiger partial charge on any atom is -0.289 e. The van der Waals surface area contributed by atoms with Gasteiger partial charge < -0.3 is 0 Å². The molecule has 3 nitrogen and oxygen atoms in total. The SMILES string of the molecule is O=C1c2ccccc2-c2ccc(-c3ccc4c(c3)S(=O)(=O)c3ccccc3-4)cc21. The third-order valence-electron chi connectivity index (χ3n) is 5.80. The minimum atomic E-state index is -3.53. The summed E-state index contributed by atoms with van der Waals surface area (Å²) in [5.41, 5.74) is 6.34. The Kier molecular flexibility index (Phi) is 3.13. The van der Waals surface area contributed by atoms with Crippen LogP contribution in [0, 0.1) is 0 Å². The molecule has 1 heterocycles. The van der Waals surface area contributed by atoms with Gasteiger partial charge in [-0.3, -0.25) is 4.79 Å². The molecule has 6 rings (SSSR count). The second-order valence-corrected chi connectivity index (χ2v) is 9.23. The Labute approximate surface area is 168 Å². The molecule has 0 fully saturated rings. The van der Waals surface area contributed by atoms with Crippen molar-refractivity contribution >= 4 is 15.6 Å². The number of hydrogen-bond donors (Lipinski definition) is 0. The molecule has 0 radical (unpaired) electrons. The third kappa shape index (κ3) is 2.12. The topological polar surface area (TPSA) is 51.2 Å². The Balaban J connectivity index is 1.51. The van der Waals surface area contributed by atoms with Crippen molar-refractivity contribution in [3.8, 4) is 33.4 Å². The first-order chi connectivity index (χ1) is 14.1. The normalized spacial score (nSPS) is 14.8. The maximum Gasteiger partial charge on any atom is 0.207 e. The first-order valence-corrected chi connectivity index (χ1v) is 10.8. The lowest BCUT2D eigenvalue weighted by Crippen LogP contribution is -1.97. The Morgan fingerprint density at radius 1 is 0.483 bits per heavy atom. The molecule has 2 aliphatic rings. The summed E-state index contributed by atoms with van der Waals surface area (Å²) < 4.78 is 26.0. The van der Waals surface area contributed by atoms with E-state index in [0.29, 0.717) is 20.9 Å². The van der Waals surface area contributed by atoms with Crippen molar-refractivity contribution in [1.29, 1.82) is 0 Å². The highest BCUT2D eigenvalue weighted by molar-refractivity contribution is 7.92. The number of rotatable bonds is 1. The molecule has 0 saturated carbocycles. The zero-order chi connectivity index (χ0) is 19.8. The minimum absolute atomic E-state index is 0.0126.